The van der Waals surface area contributed by atoms with Crippen molar-refractivity contribution in [3.8, 4) is 11.4 Å². The van der Waals surface area contributed by atoms with Gasteiger partial charge >= 0.3 is 18.2 Å². The number of aromatic nitrogens is 4. The predicted molar refractivity (Wildman–Crippen MR) is 102 cm³/mol. The molecule has 3 aromatic rings. The standard InChI is InChI=1S/C19H18F3N5O4/c1-18(2,3)30-17(29)24-12-5-4-7-23-13(12)10-27-8-6-11(9-14(27)28)15-25-16(31-26-15)19(20,21)22/h4-9H,10H2,1-3H3,(H,24,29). The molecule has 12 heteroatoms. The SMILES string of the molecule is CC(C)(C)OC(=O)Nc1cccnc1Cn1ccc(-c2noc(C(F)(F)F)n2)cc1=O. The van der Waals surface area contributed by atoms with Crippen LogP contribution in [-0.4, -0.2) is 31.4 Å². The number of nitrogens with zero attached hydrogens (tertiary/aromatic N) is 4. The first-order valence-electron chi connectivity index (χ1n) is 8.98. The lowest BCUT2D eigenvalue weighted by atomic mass is 10.2. The Kier molecular flexibility index (Phi) is 5.82. The van der Waals surface area contributed by atoms with E-state index in [1.165, 1.54) is 23.0 Å². The molecule has 0 unspecified atom stereocenters. The maximum atomic E-state index is 12.6. The Hall–Kier alpha value is -3.70. The van der Waals surface area contributed by atoms with E-state index >= 15 is 0 Å². The third-order valence-corrected chi connectivity index (χ3v) is 3.77. The second-order valence-corrected chi connectivity index (χ2v) is 7.43. The number of hydrogen-bond donors (Lipinski definition) is 1. The summed E-state index contributed by atoms with van der Waals surface area (Å²) < 4.78 is 48.5. The van der Waals surface area contributed by atoms with Gasteiger partial charge in [-0.05, 0) is 39.0 Å². The lowest BCUT2D eigenvalue weighted by Gasteiger charge is -2.20. The third kappa shape index (κ3) is 5.68. The molecule has 3 rings (SSSR count). The van der Waals surface area contributed by atoms with Gasteiger partial charge in [-0.2, -0.15) is 18.2 Å². The summed E-state index contributed by atoms with van der Waals surface area (Å²) in [6.45, 7) is 5.16. The Morgan fingerprint density at radius 1 is 1.26 bits per heavy atom. The van der Waals surface area contributed by atoms with Crippen molar-refractivity contribution in [2.24, 2.45) is 0 Å². The summed E-state index contributed by atoms with van der Waals surface area (Å²) >= 11 is 0. The quantitative estimate of drug-likeness (QED) is 0.662. The highest BCUT2D eigenvalue weighted by molar-refractivity contribution is 5.85. The maximum Gasteiger partial charge on any atom is 0.471 e. The van der Waals surface area contributed by atoms with E-state index in [1.54, 1.807) is 32.9 Å². The van der Waals surface area contributed by atoms with E-state index in [1.807, 2.05) is 0 Å². The van der Waals surface area contributed by atoms with Crippen LogP contribution in [0.5, 0.6) is 0 Å². The maximum absolute atomic E-state index is 12.6. The summed E-state index contributed by atoms with van der Waals surface area (Å²) in [7, 11) is 0. The Morgan fingerprint density at radius 3 is 2.61 bits per heavy atom. The first-order valence-corrected chi connectivity index (χ1v) is 8.98. The molecular formula is C19H18F3N5O4. The van der Waals surface area contributed by atoms with Gasteiger partial charge in [-0.25, -0.2) is 4.79 Å². The fraction of sp³-hybridized carbons (Fsp3) is 0.316. The fourth-order valence-corrected chi connectivity index (χ4v) is 2.49. The number of anilines is 1. The number of nitrogens with one attached hydrogen (secondary N) is 1. The van der Waals surface area contributed by atoms with Gasteiger partial charge in [0.1, 0.15) is 5.60 Å². The van der Waals surface area contributed by atoms with Crippen molar-refractivity contribution in [2.75, 3.05) is 5.32 Å². The molecule has 0 saturated carbocycles. The van der Waals surface area contributed by atoms with Crippen LogP contribution in [0.4, 0.5) is 23.7 Å². The average Bonchev–Trinajstić information content (AvgIpc) is 3.14. The molecule has 164 valence electrons. The van der Waals surface area contributed by atoms with Gasteiger partial charge in [-0.3, -0.25) is 15.1 Å². The Labute approximate surface area is 173 Å². The lowest BCUT2D eigenvalue weighted by molar-refractivity contribution is -0.159. The largest absolute Gasteiger partial charge is 0.471 e. The highest BCUT2D eigenvalue weighted by Crippen LogP contribution is 2.29. The summed E-state index contributed by atoms with van der Waals surface area (Å²) in [5, 5.41) is 5.84. The molecule has 0 aliphatic carbocycles. The van der Waals surface area contributed by atoms with Gasteiger partial charge in [0.25, 0.3) is 5.56 Å². The van der Waals surface area contributed by atoms with Crippen LogP contribution >= 0.6 is 0 Å². The normalized spacial score (nSPS) is 11.9. The summed E-state index contributed by atoms with van der Waals surface area (Å²) in [6, 6.07) is 5.66. The molecule has 0 aliphatic heterocycles. The molecule has 0 saturated heterocycles. The summed E-state index contributed by atoms with van der Waals surface area (Å²) in [5.41, 5.74) is -0.443. The fourth-order valence-electron chi connectivity index (χ4n) is 2.49. The average molecular weight is 437 g/mol. The number of hydrogen-bond acceptors (Lipinski definition) is 7. The minimum atomic E-state index is -4.78. The van der Waals surface area contributed by atoms with Gasteiger partial charge in [0.15, 0.2) is 0 Å². The van der Waals surface area contributed by atoms with Crippen molar-refractivity contribution >= 4 is 11.8 Å². The zero-order valence-electron chi connectivity index (χ0n) is 16.7. The van der Waals surface area contributed by atoms with E-state index in [-0.39, 0.29) is 17.9 Å². The van der Waals surface area contributed by atoms with Gasteiger partial charge in [0.05, 0.1) is 17.9 Å². The summed E-state index contributed by atoms with van der Waals surface area (Å²) in [6.07, 6.45) is -2.61. The van der Waals surface area contributed by atoms with Crippen LogP contribution in [0.3, 0.4) is 0 Å². The number of halogens is 3. The van der Waals surface area contributed by atoms with E-state index in [0.717, 1.165) is 6.07 Å². The van der Waals surface area contributed by atoms with Crippen LogP contribution in [0.1, 0.15) is 32.4 Å². The zero-order valence-corrected chi connectivity index (χ0v) is 16.7. The minimum absolute atomic E-state index is 0.00880. The Morgan fingerprint density at radius 2 is 2.00 bits per heavy atom. The molecule has 9 nitrogen and oxygen atoms in total. The number of pyridine rings is 2. The van der Waals surface area contributed by atoms with Gasteiger partial charge in [0.2, 0.25) is 5.82 Å². The summed E-state index contributed by atoms with van der Waals surface area (Å²) in [5.74, 6) is -1.86. The molecule has 0 bridgehead atoms. The molecule has 0 aliphatic rings. The topological polar surface area (TPSA) is 112 Å². The number of ether oxygens (including phenoxy) is 1. The number of carbonyl (C=O) groups excluding carboxylic acids is 1. The molecule has 31 heavy (non-hydrogen) atoms. The molecule has 1 N–H and O–H groups in total. The number of rotatable bonds is 4. The van der Waals surface area contributed by atoms with Crippen molar-refractivity contribution < 1.29 is 27.2 Å². The third-order valence-electron chi connectivity index (χ3n) is 3.77. The lowest BCUT2D eigenvalue weighted by Crippen LogP contribution is -2.28. The number of alkyl halides is 3. The molecule has 3 aromatic heterocycles. The molecule has 0 radical (unpaired) electrons. The Balaban J connectivity index is 1.81. The minimum Gasteiger partial charge on any atom is -0.444 e. The summed E-state index contributed by atoms with van der Waals surface area (Å²) in [4.78, 5) is 31.9. The number of amides is 1. The zero-order chi connectivity index (χ0) is 22.8. The van der Waals surface area contributed by atoms with Crippen molar-refractivity contribution in [1.29, 1.82) is 0 Å². The molecule has 3 heterocycles. The Bertz CT molecular complexity index is 1150. The second-order valence-electron chi connectivity index (χ2n) is 7.43. The van der Waals surface area contributed by atoms with Gasteiger partial charge in [-0.15, -0.1) is 0 Å². The molecule has 0 aromatic carbocycles. The molecule has 0 spiro atoms. The molecular weight excluding hydrogens is 419 g/mol. The van der Waals surface area contributed by atoms with Crippen LogP contribution in [0.15, 0.2) is 46.0 Å². The van der Waals surface area contributed by atoms with E-state index in [2.05, 4.69) is 25.0 Å². The highest BCUT2D eigenvalue weighted by Gasteiger charge is 2.38. The highest BCUT2D eigenvalue weighted by atomic mass is 19.4. The van der Waals surface area contributed by atoms with Crippen LogP contribution in [-0.2, 0) is 17.5 Å². The van der Waals surface area contributed by atoms with E-state index in [4.69, 9.17) is 4.74 Å². The first-order chi connectivity index (χ1) is 14.4. The van der Waals surface area contributed by atoms with E-state index in [0.29, 0.717) is 11.4 Å². The van der Waals surface area contributed by atoms with Crippen molar-refractivity contribution in [1.82, 2.24) is 19.7 Å². The van der Waals surface area contributed by atoms with Crippen LogP contribution in [0.25, 0.3) is 11.4 Å². The van der Waals surface area contributed by atoms with Crippen molar-refractivity contribution in [3.63, 3.8) is 0 Å². The predicted octanol–water partition coefficient (Wildman–Crippen LogP) is 3.71. The first kappa shape index (κ1) is 22.0. The van der Waals surface area contributed by atoms with Crippen molar-refractivity contribution in [3.05, 3.63) is 58.6 Å². The smallest absolute Gasteiger partial charge is 0.444 e. The van der Waals surface area contributed by atoms with E-state index in [9.17, 15) is 22.8 Å². The number of carbonyl (C=O) groups is 1. The van der Waals surface area contributed by atoms with Gasteiger partial charge in [0, 0.05) is 24.0 Å². The molecule has 0 atom stereocenters. The van der Waals surface area contributed by atoms with Crippen LogP contribution < -0.4 is 10.9 Å². The second kappa shape index (κ2) is 8.20. The van der Waals surface area contributed by atoms with Crippen molar-refractivity contribution in [2.45, 2.75) is 39.1 Å². The molecule has 1 amide bonds. The van der Waals surface area contributed by atoms with Gasteiger partial charge < -0.3 is 13.8 Å². The molecule has 0 fully saturated rings. The van der Waals surface area contributed by atoms with Gasteiger partial charge in [-0.1, -0.05) is 5.16 Å². The monoisotopic (exact) mass is 437 g/mol. The van der Waals surface area contributed by atoms with Crippen LogP contribution in [0.2, 0.25) is 0 Å². The van der Waals surface area contributed by atoms with E-state index < -0.39 is 29.3 Å². The van der Waals surface area contributed by atoms with Crippen LogP contribution in [0, 0.1) is 0 Å².